The molecule has 0 atom stereocenters. The zero-order valence-electron chi connectivity index (χ0n) is 14.6. The summed E-state index contributed by atoms with van der Waals surface area (Å²) in [5, 5.41) is 6.13. The highest BCUT2D eigenvalue weighted by Gasteiger charge is 2.07. The Morgan fingerprint density at radius 2 is 2.00 bits per heavy atom. The maximum Gasteiger partial charge on any atom is 0.251 e. The van der Waals surface area contributed by atoms with Crippen LogP contribution in [-0.2, 0) is 13.0 Å². The third-order valence-electron chi connectivity index (χ3n) is 4.34. The van der Waals surface area contributed by atoms with Crippen molar-refractivity contribution in [3.8, 4) is 5.75 Å². The van der Waals surface area contributed by atoms with Crippen LogP contribution < -0.4 is 10.1 Å². The SMILES string of the molecule is O=C(NCCc1c[nH]c2ccccc12)c1ccc(OCc2cscn2)cc1. The lowest BCUT2D eigenvalue weighted by molar-refractivity contribution is 0.0954. The van der Waals surface area contributed by atoms with Crippen molar-refractivity contribution < 1.29 is 9.53 Å². The maximum atomic E-state index is 12.3. The number of para-hydroxylation sites is 1. The average Bonchev–Trinajstić information content (AvgIpc) is 3.37. The van der Waals surface area contributed by atoms with Gasteiger partial charge in [0.15, 0.2) is 0 Å². The summed E-state index contributed by atoms with van der Waals surface area (Å²) in [4.78, 5) is 19.8. The van der Waals surface area contributed by atoms with Gasteiger partial charge >= 0.3 is 0 Å². The van der Waals surface area contributed by atoms with E-state index in [0.29, 0.717) is 18.7 Å². The molecule has 0 aliphatic rings. The van der Waals surface area contributed by atoms with Crippen molar-refractivity contribution in [2.24, 2.45) is 0 Å². The Morgan fingerprint density at radius 3 is 2.81 bits per heavy atom. The van der Waals surface area contributed by atoms with E-state index in [-0.39, 0.29) is 5.91 Å². The van der Waals surface area contributed by atoms with Crippen molar-refractivity contribution in [3.63, 3.8) is 0 Å². The number of carbonyl (C=O) groups excluding carboxylic acids is 1. The Balaban J connectivity index is 1.29. The van der Waals surface area contributed by atoms with Gasteiger partial charge in [-0.2, -0.15) is 0 Å². The molecule has 0 fully saturated rings. The number of aromatic nitrogens is 2. The van der Waals surface area contributed by atoms with Crippen molar-refractivity contribution in [1.29, 1.82) is 0 Å². The zero-order valence-corrected chi connectivity index (χ0v) is 15.5. The minimum Gasteiger partial charge on any atom is -0.487 e. The topological polar surface area (TPSA) is 67.0 Å². The summed E-state index contributed by atoms with van der Waals surface area (Å²) in [6.45, 7) is 1.02. The summed E-state index contributed by atoms with van der Waals surface area (Å²) in [7, 11) is 0. The lowest BCUT2D eigenvalue weighted by atomic mass is 10.1. The van der Waals surface area contributed by atoms with Gasteiger partial charge in [0.25, 0.3) is 5.91 Å². The molecule has 0 saturated carbocycles. The molecule has 2 aromatic carbocycles. The number of fused-ring (bicyclic) bond motifs is 1. The van der Waals surface area contributed by atoms with E-state index in [1.54, 1.807) is 41.1 Å². The number of hydrogen-bond donors (Lipinski definition) is 2. The van der Waals surface area contributed by atoms with E-state index in [1.165, 1.54) is 10.9 Å². The summed E-state index contributed by atoms with van der Waals surface area (Å²) in [5.41, 5.74) is 5.63. The van der Waals surface area contributed by atoms with Gasteiger partial charge in [-0.1, -0.05) is 18.2 Å². The normalized spacial score (nSPS) is 10.8. The summed E-state index contributed by atoms with van der Waals surface area (Å²) in [6.07, 6.45) is 2.79. The molecule has 27 heavy (non-hydrogen) atoms. The number of hydrogen-bond acceptors (Lipinski definition) is 4. The fourth-order valence-electron chi connectivity index (χ4n) is 2.92. The average molecular weight is 377 g/mol. The lowest BCUT2D eigenvalue weighted by Gasteiger charge is -2.07. The summed E-state index contributed by atoms with van der Waals surface area (Å²) >= 11 is 1.54. The minimum absolute atomic E-state index is 0.0825. The number of nitrogens with zero attached hydrogens (tertiary/aromatic N) is 1. The highest BCUT2D eigenvalue weighted by Crippen LogP contribution is 2.18. The van der Waals surface area contributed by atoms with Crippen molar-refractivity contribution >= 4 is 28.1 Å². The van der Waals surface area contributed by atoms with E-state index in [0.717, 1.165) is 23.4 Å². The number of amides is 1. The molecule has 0 bridgehead atoms. The van der Waals surface area contributed by atoms with Crippen LogP contribution in [0.4, 0.5) is 0 Å². The Labute approximate surface area is 161 Å². The Kier molecular flexibility index (Phi) is 5.16. The molecule has 2 aromatic heterocycles. The van der Waals surface area contributed by atoms with Crippen LogP contribution in [-0.4, -0.2) is 22.4 Å². The van der Waals surface area contributed by atoms with Gasteiger partial charge in [0.05, 0.1) is 11.2 Å². The molecule has 0 spiro atoms. The molecule has 0 saturated heterocycles. The Morgan fingerprint density at radius 1 is 1.15 bits per heavy atom. The van der Waals surface area contributed by atoms with E-state index in [2.05, 4.69) is 27.4 Å². The molecule has 4 rings (SSSR count). The summed E-state index contributed by atoms with van der Waals surface area (Å²) in [5.74, 6) is 0.638. The first-order chi connectivity index (χ1) is 13.3. The molecule has 2 heterocycles. The molecular weight excluding hydrogens is 358 g/mol. The highest BCUT2D eigenvalue weighted by atomic mass is 32.1. The molecule has 2 N–H and O–H groups in total. The van der Waals surface area contributed by atoms with Crippen molar-refractivity contribution in [3.05, 3.63) is 82.4 Å². The third-order valence-corrected chi connectivity index (χ3v) is 4.98. The van der Waals surface area contributed by atoms with Gasteiger partial charge < -0.3 is 15.0 Å². The third kappa shape index (κ3) is 4.17. The number of ether oxygens (including phenoxy) is 1. The maximum absolute atomic E-state index is 12.3. The second kappa shape index (κ2) is 8.05. The van der Waals surface area contributed by atoms with Crippen LogP contribution in [0.3, 0.4) is 0 Å². The van der Waals surface area contributed by atoms with Crippen LogP contribution in [0, 0.1) is 0 Å². The van der Waals surface area contributed by atoms with Gasteiger partial charge in [0.2, 0.25) is 0 Å². The van der Waals surface area contributed by atoms with Crippen molar-refractivity contribution in [2.45, 2.75) is 13.0 Å². The predicted molar refractivity (Wildman–Crippen MR) is 107 cm³/mol. The number of nitrogens with one attached hydrogen (secondary N) is 2. The molecule has 0 unspecified atom stereocenters. The van der Waals surface area contributed by atoms with Gasteiger partial charge in [-0.25, -0.2) is 4.98 Å². The fraction of sp³-hybridized carbons (Fsp3) is 0.143. The van der Waals surface area contributed by atoms with Crippen molar-refractivity contribution in [1.82, 2.24) is 15.3 Å². The molecule has 4 aromatic rings. The second-order valence-electron chi connectivity index (χ2n) is 6.16. The first-order valence-electron chi connectivity index (χ1n) is 8.73. The fourth-order valence-corrected chi connectivity index (χ4v) is 3.46. The first-order valence-corrected chi connectivity index (χ1v) is 9.67. The second-order valence-corrected chi connectivity index (χ2v) is 6.88. The number of carbonyl (C=O) groups is 1. The predicted octanol–water partition coefficient (Wildman–Crippen LogP) is 4.18. The molecule has 136 valence electrons. The number of benzene rings is 2. The molecule has 6 heteroatoms. The van der Waals surface area contributed by atoms with E-state index < -0.39 is 0 Å². The monoisotopic (exact) mass is 377 g/mol. The van der Waals surface area contributed by atoms with E-state index in [1.807, 2.05) is 23.7 Å². The van der Waals surface area contributed by atoms with Crippen LogP contribution in [0.25, 0.3) is 10.9 Å². The number of thiazole rings is 1. The van der Waals surface area contributed by atoms with Gasteiger partial charge in [-0.05, 0) is 42.3 Å². The number of rotatable bonds is 7. The Hall–Kier alpha value is -3.12. The van der Waals surface area contributed by atoms with Gasteiger partial charge in [-0.3, -0.25) is 4.79 Å². The minimum atomic E-state index is -0.0825. The molecule has 0 radical (unpaired) electrons. The standard InChI is InChI=1S/C21H19N3O2S/c25-21(22-10-9-16-11-23-20-4-2-1-3-19(16)20)15-5-7-18(8-6-15)26-12-17-13-27-14-24-17/h1-8,11,13-14,23H,9-10,12H2,(H,22,25). The quantitative estimate of drug-likeness (QED) is 0.508. The van der Waals surface area contributed by atoms with Crippen LogP contribution in [0.5, 0.6) is 5.75 Å². The number of H-pyrrole nitrogens is 1. The lowest BCUT2D eigenvalue weighted by Crippen LogP contribution is -2.25. The van der Waals surface area contributed by atoms with Gasteiger partial charge in [0.1, 0.15) is 12.4 Å². The van der Waals surface area contributed by atoms with Crippen molar-refractivity contribution in [2.75, 3.05) is 6.54 Å². The number of aromatic amines is 1. The molecule has 5 nitrogen and oxygen atoms in total. The largest absolute Gasteiger partial charge is 0.487 e. The molecule has 0 aliphatic carbocycles. The summed E-state index contributed by atoms with van der Waals surface area (Å²) in [6, 6.07) is 15.3. The summed E-state index contributed by atoms with van der Waals surface area (Å²) < 4.78 is 5.67. The van der Waals surface area contributed by atoms with E-state index in [9.17, 15) is 4.79 Å². The van der Waals surface area contributed by atoms with Gasteiger partial charge in [-0.15, -0.1) is 11.3 Å². The molecule has 0 aliphatic heterocycles. The molecule has 1 amide bonds. The van der Waals surface area contributed by atoms with Crippen LogP contribution in [0.1, 0.15) is 21.6 Å². The highest BCUT2D eigenvalue weighted by molar-refractivity contribution is 7.07. The van der Waals surface area contributed by atoms with E-state index >= 15 is 0 Å². The first kappa shape index (κ1) is 17.3. The van der Waals surface area contributed by atoms with Crippen LogP contribution >= 0.6 is 11.3 Å². The zero-order chi connectivity index (χ0) is 18.5. The van der Waals surface area contributed by atoms with Gasteiger partial charge in [0, 0.05) is 34.6 Å². The van der Waals surface area contributed by atoms with Crippen LogP contribution in [0.2, 0.25) is 0 Å². The Bertz CT molecular complexity index is 1020. The van der Waals surface area contributed by atoms with Crippen LogP contribution in [0.15, 0.2) is 65.6 Å². The van der Waals surface area contributed by atoms with E-state index in [4.69, 9.17) is 4.74 Å². The molecular formula is C21H19N3O2S. The smallest absolute Gasteiger partial charge is 0.251 e.